The zero-order chi connectivity index (χ0) is 14.4. The molecule has 1 fully saturated rings. The lowest BCUT2D eigenvalue weighted by Crippen LogP contribution is -2.42. The van der Waals surface area contributed by atoms with Crippen molar-refractivity contribution >= 4 is 18.3 Å². The average Bonchev–Trinajstić information content (AvgIpc) is 2.42. The Morgan fingerprint density at radius 2 is 2.00 bits per heavy atom. The third-order valence-electron chi connectivity index (χ3n) is 4.49. The minimum absolute atomic E-state index is 0. The van der Waals surface area contributed by atoms with Crippen molar-refractivity contribution < 1.29 is 4.79 Å². The van der Waals surface area contributed by atoms with Gasteiger partial charge in [-0.05, 0) is 30.2 Å². The van der Waals surface area contributed by atoms with Crippen molar-refractivity contribution in [1.82, 2.24) is 5.32 Å². The van der Waals surface area contributed by atoms with Gasteiger partial charge in [-0.25, -0.2) is 0 Å². The van der Waals surface area contributed by atoms with Crippen molar-refractivity contribution in [3.05, 3.63) is 35.9 Å². The summed E-state index contributed by atoms with van der Waals surface area (Å²) in [6.07, 6.45) is 6.60. The average molecular weight is 311 g/mol. The monoisotopic (exact) mass is 310 g/mol. The van der Waals surface area contributed by atoms with Crippen molar-refractivity contribution in [2.24, 2.45) is 11.1 Å². The van der Waals surface area contributed by atoms with Gasteiger partial charge in [0.15, 0.2) is 0 Å². The second-order valence-electron chi connectivity index (χ2n) is 6.10. The molecular formula is C17H27ClN2O. The predicted molar refractivity (Wildman–Crippen MR) is 89.4 cm³/mol. The van der Waals surface area contributed by atoms with Gasteiger partial charge in [0, 0.05) is 19.0 Å². The SMILES string of the molecule is CCCC1(CNC(=O)CC(N)c2ccccc2)CCC1.Cl. The van der Waals surface area contributed by atoms with Gasteiger partial charge < -0.3 is 11.1 Å². The summed E-state index contributed by atoms with van der Waals surface area (Å²) in [4.78, 5) is 12.0. The minimum atomic E-state index is -0.209. The molecule has 1 aromatic carbocycles. The number of carbonyl (C=O) groups is 1. The van der Waals surface area contributed by atoms with Crippen LogP contribution in [0.2, 0.25) is 0 Å². The normalized spacial score (nSPS) is 17.2. The van der Waals surface area contributed by atoms with E-state index in [-0.39, 0.29) is 24.4 Å². The zero-order valence-electron chi connectivity index (χ0n) is 12.8. The van der Waals surface area contributed by atoms with Gasteiger partial charge in [0.1, 0.15) is 0 Å². The van der Waals surface area contributed by atoms with Crippen LogP contribution in [0.25, 0.3) is 0 Å². The number of rotatable bonds is 7. The summed E-state index contributed by atoms with van der Waals surface area (Å²) in [5.74, 6) is 0.0729. The molecule has 1 aliphatic rings. The fraction of sp³-hybridized carbons (Fsp3) is 0.588. The van der Waals surface area contributed by atoms with Crippen LogP contribution in [0.5, 0.6) is 0 Å². The maximum Gasteiger partial charge on any atom is 0.221 e. The van der Waals surface area contributed by atoms with E-state index in [9.17, 15) is 4.79 Å². The number of carbonyl (C=O) groups excluding carboxylic acids is 1. The van der Waals surface area contributed by atoms with E-state index in [4.69, 9.17) is 5.73 Å². The summed E-state index contributed by atoms with van der Waals surface area (Å²) in [5.41, 5.74) is 7.48. The molecule has 118 valence electrons. The van der Waals surface area contributed by atoms with Gasteiger partial charge in [0.2, 0.25) is 5.91 Å². The number of benzene rings is 1. The molecule has 1 amide bonds. The maximum atomic E-state index is 12.0. The number of amides is 1. The molecule has 21 heavy (non-hydrogen) atoms. The van der Waals surface area contributed by atoms with Gasteiger partial charge in [0.25, 0.3) is 0 Å². The van der Waals surface area contributed by atoms with E-state index in [1.807, 2.05) is 30.3 Å². The molecule has 0 bridgehead atoms. The second kappa shape index (κ2) is 8.40. The molecule has 4 heteroatoms. The molecule has 0 aromatic heterocycles. The zero-order valence-corrected chi connectivity index (χ0v) is 13.6. The molecule has 0 aliphatic heterocycles. The van der Waals surface area contributed by atoms with Crippen LogP contribution in [0.15, 0.2) is 30.3 Å². The topological polar surface area (TPSA) is 55.1 Å². The molecule has 3 N–H and O–H groups in total. The van der Waals surface area contributed by atoms with Gasteiger partial charge in [-0.15, -0.1) is 12.4 Å². The van der Waals surface area contributed by atoms with Gasteiger partial charge in [-0.1, -0.05) is 50.1 Å². The van der Waals surface area contributed by atoms with Gasteiger partial charge in [-0.3, -0.25) is 4.79 Å². The highest BCUT2D eigenvalue weighted by Crippen LogP contribution is 2.44. The van der Waals surface area contributed by atoms with Crippen molar-refractivity contribution in [1.29, 1.82) is 0 Å². The summed E-state index contributed by atoms with van der Waals surface area (Å²) in [7, 11) is 0. The molecule has 0 saturated heterocycles. The van der Waals surface area contributed by atoms with Crippen LogP contribution in [0.1, 0.15) is 57.1 Å². The highest BCUT2D eigenvalue weighted by atomic mass is 35.5. The maximum absolute atomic E-state index is 12.0. The first-order chi connectivity index (χ1) is 9.65. The van der Waals surface area contributed by atoms with Gasteiger partial charge in [0.05, 0.1) is 0 Å². The predicted octanol–water partition coefficient (Wildman–Crippen LogP) is 3.58. The molecule has 1 unspecified atom stereocenters. The molecular weight excluding hydrogens is 284 g/mol. The van der Waals surface area contributed by atoms with E-state index in [0.29, 0.717) is 11.8 Å². The van der Waals surface area contributed by atoms with Crippen LogP contribution in [-0.2, 0) is 4.79 Å². The molecule has 0 spiro atoms. The molecule has 0 radical (unpaired) electrons. The third-order valence-corrected chi connectivity index (χ3v) is 4.49. The van der Waals surface area contributed by atoms with Gasteiger partial charge >= 0.3 is 0 Å². The quantitative estimate of drug-likeness (QED) is 0.808. The first-order valence-corrected chi connectivity index (χ1v) is 7.72. The summed E-state index contributed by atoms with van der Waals surface area (Å²) >= 11 is 0. The van der Waals surface area contributed by atoms with Crippen molar-refractivity contribution in [2.75, 3.05) is 6.54 Å². The molecule has 3 nitrogen and oxygen atoms in total. The van der Waals surface area contributed by atoms with Crippen molar-refractivity contribution in [2.45, 2.75) is 51.5 Å². The fourth-order valence-corrected chi connectivity index (χ4v) is 3.10. The van der Waals surface area contributed by atoms with Crippen LogP contribution >= 0.6 is 12.4 Å². The first kappa shape index (κ1) is 18.0. The Hall–Kier alpha value is -1.06. The fourth-order valence-electron chi connectivity index (χ4n) is 3.10. The molecule has 1 saturated carbocycles. The number of hydrogen-bond donors (Lipinski definition) is 2. The van der Waals surface area contributed by atoms with E-state index < -0.39 is 0 Å². The van der Waals surface area contributed by atoms with Crippen molar-refractivity contribution in [3.63, 3.8) is 0 Å². The minimum Gasteiger partial charge on any atom is -0.355 e. The van der Waals surface area contributed by atoms with E-state index in [1.165, 1.54) is 32.1 Å². The highest BCUT2D eigenvalue weighted by Gasteiger charge is 2.36. The largest absolute Gasteiger partial charge is 0.355 e. The Kier molecular flexibility index (Phi) is 7.20. The number of nitrogens with one attached hydrogen (secondary N) is 1. The number of hydrogen-bond acceptors (Lipinski definition) is 2. The third kappa shape index (κ3) is 5.01. The molecule has 1 aromatic rings. The van der Waals surface area contributed by atoms with Crippen LogP contribution in [0.4, 0.5) is 0 Å². The number of nitrogens with two attached hydrogens (primary N) is 1. The molecule has 2 rings (SSSR count). The number of halogens is 1. The lowest BCUT2D eigenvalue weighted by molar-refractivity contribution is -0.122. The lowest BCUT2D eigenvalue weighted by atomic mass is 9.66. The lowest BCUT2D eigenvalue weighted by Gasteiger charge is -2.42. The molecule has 1 aliphatic carbocycles. The molecule has 1 atom stereocenters. The second-order valence-corrected chi connectivity index (χ2v) is 6.10. The Morgan fingerprint density at radius 1 is 1.33 bits per heavy atom. The van der Waals surface area contributed by atoms with E-state index in [2.05, 4.69) is 12.2 Å². The summed E-state index contributed by atoms with van der Waals surface area (Å²) in [6, 6.07) is 9.61. The smallest absolute Gasteiger partial charge is 0.221 e. The Bertz CT molecular complexity index is 432. The first-order valence-electron chi connectivity index (χ1n) is 7.72. The van der Waals surface area contributed by atoms with Crippen LogP contribution in [-0.4, -0.2) is 12.5 Å². The van der Waals surface area contributed by atoms with Crippen LogP contribution in [0, 0.1) is 5.41 Å². The summed E-state index contributed by atoms with van der Waals surface area (Å²) < 4.78 is 0. The van der Waals surface area contributed by atoms with Crippen LogP contribution in [0.3, 0.4) is 0 Å². The summed E-state index contributed by atoms with van der Waals surface area (Å²) in [5, 5.41) is 3.09. The van der Waals surface area contributed by atoms with E-state index in [1.54, 1.807) is 0 Å². The Morgan fingerprint density at radius 3 is 2.52 bits per heavy atom. The van der Waals surface area contributed by atoms with Crippen molar-refractivity contribution in [3.8, 4) is 0 Å². The van der Waals surface area contributed by atoms with Crippen LogP contribution < -0.4 is 11.1 Å². The van der Waals surface area contributed by atoms with E-state index >= 15 is 0 Å². The highest BCUT2D eigenvalue weighted by molar-refractivity contribution is 5.85. The molecule has 0 heterocycles. The van der Waals surface area contributed by atoms with Gasteiger partial charge in [-0.2, -0.15) is 0 Å². The Labute approximate surface area is 134 Å². The summed E-state index contributed by atoms with van der Waals surface area (Å²) in [6.45, 7) is 3.04. The van der Waals surface area contributed by atoms with E-state index in [0.717, 1.165) is 12.1 Å². The Balaban J connectivity index is 0.00000220. The standard InChI is InChI=1S/C17H26N2O.ClH/c1-2-9-17(10-6-11-17)13-19-16(20)12-15(18)14-7-4-3-5-8-14;/h3-5,7-8,15H,2,6,9-13,18H2,1H3,(H,19,20);1H.